The first-order chi connectivity index (χ1) is 9.76. The molecule has 0 spiro atoms. The van der Waals surface area contributed by atoms with Crippen LogP contribution in [0.5, 0.6) is 0 Å². The zero-order chi connectivity index (χ0) is 15.8. The Bertz CT molecular complexity index is 809. The summed E-state index contributed by atoms with van der Waals surface area (Å²) in [6, 6.07) is 2.05. The summed E-state index contributed by atoms with van der Waals surface area (Å²) in [5, 5.41) is 13.0. The van der Waals surface area contributed by atoms with E-state index in [0.29, 0.717) is 5.69 Å². The van der Waals surface area contributed by atoms with Crippen LogP contribution < -0.4 is 4.72 Å². The average Bonchev–Trinajstić information content (AvgIpc) is 2.97. The molecule has 0 aliphatic rings. The SMILES string of the molecule is Cc1c(C#N)c(NS(=O)(=O)c2cn(C(C)C)cn2)nn1C. The van der Waals surface area contributed by atoms with Crippen LogP contribution in [0.2, 0.25) is 0 Å². The summed E-state index contributed by atoms with van der Waals surface area (Å²) in [6.45, 7) is 5.53. The third-order valence-electron chi connectivity index (χ3n) is 3.13. The summed E-state index contributed by atoms with van der Waals surface area (Å²) in [4.78, 5) is 3.89. The highest BCUT2D eigenvalue weighted by Gasteiger charge is 2.22. The van der Waals surface area contributed by atoms with Crippen LogP contribution in [-0.4, -0.2) is 27.7 Å². The number of aryl methyl sites for hydroxylation is 1. The molecule has 0 aromatic carbocycles. The van der Waals surface area contributed by atoms with Crippen LogP contribution in [0.3, 0.4) is 0 Å². The molecule has 8 nitrogen and oxygen atoms in total. The number of sulfonamides is 1. The van der Waals surface area contributed by atoms with Gasteiger partial charge in [-0.2, -0.15) is 18.8 Å². The lowest BCUT2D eigenvalue weighted by atomic mass is 10.3. The van der Waals surface area contributed by atoms with Crippen LogP contribution in [0.25, 0.3) is 0 Å². The molecule has 9 heteroatoms. The molecule has 0 aliphatic carbocycles. The molecule has 0 radical (unpaired) electrons. The Morgan fingerprint density at radius 3 is 2.62 bits per heavy atom. The quantitative estimate of drug-likeness (QED) is 0.913. The van der Waals surface area contributed by atoms with E-state index >= 15 is 0 Å². The van der Waals surface area contributed by atoms with Gasteiger partial charge < -0.3 is 4.57 Å². The van der Waals surface area contributed by atoms with Gasteiger partial charge in [-0.15, -0.1) is 0 Å². The molecule has 0 bridgehead atoms. The van der Waals surface area contributed by atoms with Crippen LogP contribution in [0.15, 0.2) is 17.6 Å². The van der Waals surface area contributed by atoms with Gasteiger partial charge in [-0.05, 0) is 20.8 Å². The standard InChI is InChI=1S/C12H16N6O2S/c1-8(2)18-6-11(14-7-18)21(19,20)16-12-10(5-13)9(3)17(4)15-12/h6-8H,1-4H3,(H,15,16). The van der Waals surface area contributed by atoms with Crippen LogP contribution in [0, 0.1) is 18.3 Å². The van der Waals surface area contributed by atoms with Crippen molar-refractivity contribution in [3.63, 3.8) is 0 Å². The van der Waals surface area contributed by atoms with Crippen molar-refractivity contribution in [1.29, 1.82) is 5.26 Å². The maximum atomic E-state index is 12.3. The predicted molar refractivity (Wildman–Crippen MR) is 76.1 cm³/mol. The molecule has 0 saturated carbocycles. The topological polar surface area (TPSA) is 106 Å². The number of imidazole rings is 1. The molecule has 0 unspecified atom stereocenters. The molecule has 0 atom stereocenters. The van der Waals surface area contributed by atoms with E-state index in [2.05, 4.69) is 14.8 Å². The van der Waals surface area contributed by atoms with E-state index in [9.17, 15) is 8.42 Å². The fourth-order valence-electron chi connectivity index (χ4n) is 1.73. The molecule has 2 aromatic heterocycles. The lowest BCUT2D eigenvalue weighted by Gasteiger charge is -2.04. The summed E-state index contributed by atoms with van der Waals surface area (Å²) in [7, 11) is -2.23. The summed E-state index contributed by atoms with van der Waals surface area (Å²) in [6.07, 6.45) is 2.89. The van der Waals surface area contributed by atoms with Crippen molar-refractivity contribution in [2.45, 2.75) is 31.8 Å². The van der Waals surface area contributed by atoms with Crippen molar-refractivity contribution in [3.8, 4) is 6.07 Å². The largest absolute Gasteiger partial charge is 0.334 e. The predicted octanol–water partition coefficient (Wildman–Crippen LogP) is 1.18. The van der Waals surface area contributed by atoms with E-state index in [1.54, 1.807) is 18.5 Å². The first-order valence-corrected chi connectivity index (χ1v) is 7.74. The molecule has 0 fully saturated rings. The molecule has 2 rings (SSSR count). The highest BCUT2D eigenvalue weighted by atomic mass is 32.2. The van der Waals surface area contributed by atoms with E-state index in [4.69, 9.17) is 5.26 Å². The molecular formula is C12H16N6O2S. The Balaban J connectivity index is 2.38. The van der Waals surface area contributed by atoms with Crippen molar-refractivity contribution < 1.29 is 8.42 Å². The first kappa shape index (κ1) is 15.1. The molecule has 2 heterocycles. The molecule has 1 N–H and O–H groups in total. The molecule has 0 amide bonds. The summed E-state index contributed by atoms with van der Waals surface area (Å²) in [5.74, 6) is 0.0107. The fourth-order valence-corrected chi connectivity index (χ4v) is 2.68. The fraction of sp³-hybridized carbons (Fsp3) is 0.417. The number of nitrogens with zero attached hydrogens (tertiary/aromatic N) is 5. The smallest absolute Gasteiger partial charge is 0.282 e. The van der Waals surface area contributed by atoms with Gasteiger partial charge in [0, 0.05) is 19.3 Å². The average molecular weight is 308 g/mol. The normalized spacial score (nSPS) is 11.6. The van der Waals surface area contributed by atoms with E-state index in [1.807, 2.05) is 19.9 Å². The second-order valence-corrected chi connectivity index (χ2v) is 6.53. The maximum absolute atomic E-state index is 12.3. The number of nitriles is 1. The lowest BCUT2D eigenvalue weighted by Crippen LogP contribution is -2.14. The summed E-state index contributed by atoms with van der Waals surface area (Å²) >= 11 is 0. The Morgan fingerprint density at radius 2 is 2.10 bits per heavy atom. The van der Waals surface area contributed by atoms with Gasteiger partial charge in [0.1, 0.15) is 11.6 Å². The van der Waals surface area contributed by atoms with Crippen molar-refractivity contribution in [1.82, 2.24) is 19.3 Å². The van der Waals surface area contributed by atoms with Crippen LogP contribution in [0.4, 0.5) is 5.82 Å². The maximum Gasteiger partial charge on any atom is 0.282 e. The summed E-state index contributed by atoms with van der Waals surface area (Å²) in [5.41, 5.74) is 0.785. The Labute approximate surface area is 123 Å². The van der Waals surface area contributed by atoms with E-state index in [0.717, 1.165) is 0 Å². The molecule has 112 valence electrons. The van der Waals surface area contributed by atoms with E-state index in [-0.39, 0.29) is 22.4 Å². The Hall–Kier alpha value is -2.34. The molecule has 0 aliphatic heterocycles. The first-order valence-electron chi connectivity index (χ1n) is 6.26. The van der Waals surface area contributed by atoms with Crippen LogP contribution in [-0.2, 0) is 17.1 Å². The van der Waals surface area contributed by atoms with Gasteiger partial charge in [0.05, 0.1) is 12.0 Å². The summed E-state index contributed by atoms with van der Waals surface area (Å²) < 4.78 is 30.0. The van der Waals surface area contributed by atoms with Gasteiger partial charge in [0.25, 0.3) is 10.0 Å². The van der Waals surface area contributed by atoms with Crippen molar-refractivity contribution >= 4 is 15.8 Å². The van der Waals surface area contributed by atoms with Crippen LogP contribution in [0.1, 0.15) is 31.1 Å². The lowest BCUT2D eigenvalue weighted by molar-refractivity contribution is 0.591. The van der Waals surface area contributed by atoms with E-state index < -0.39 is 10.0 Å². The van der Waals surface area contributed by atoms with Gasteiger partial charge in [-0.3, -0.25) is 9.40 Å². The number of rotatable bonds is 4. The minimum absolute atomic E-state index is 0.0107. The number of nitrogens with one attached hydrogen (secondary N) is 1. The van der Waals surface area contributed by atoms with Gasteiger partial charge in [-0.1, -0.05) is 0 Å². The molecule has 2 aromatic rings. The zero-order valence-corrected chi connectivity index (χ0v) is 13.0. The highest BCUT2D eigenvalue weighted by Crippen LogP contribution is 2.20. The van der Waals surface area contributed by atoms with Gasteiger partial charge >= 0.3 is 0 Å². The molecular weight excluding hydrogens is 292 g/mol. The van der Waals surface area contributed by atoms with Crippen molar-refractivity contribution in [3.05, 3.63) is 23.8 Å². The third-order valence-corrected chi connectivity index (χ3v) is 4.35. The third kappa shape index (κ3) is 2.75. The van der Waals surface area contributed by atoms with Gasteiger partial charge in [-0.25, -0.2) is 4.98 Å². The zero-order valence-electron chi connectivity index (χ0n) is 12.2. The number of hydrogen-bond acceptors (Lipinski definition) is 5. The monoisotopic (exact) mass is 308 g/mol. The minimum Gasteiger partial charge on any atom is -0.334 e. The van der Waals surface area contributed by atoms with Crippen molar-refractivity contribution in [2.75, 3.05) is 4.72 Å². The van der Waals surface area contributed by atoms with Gasteiger partial charge in [0.2, 0.25) is 0 Å². The second kappa shape index (κ2) is 5.21. The van der Waals surface area contributed by atoms with Crippen LogP contribution >= 0.6 is 0 Å². The van der Waals surface area contributed by atoms with E-state index in [1.165, 1.54) is 17.2 Å². The highest BCUT2D eigenvalue weighted by molar-refractivity contribution is 7.92. The molecule has 21 heavy (non-hydrogen) atoms. The van der Waals surface area contributed by atoms with Gasteiger partial charge in [0.15, 0.2) is 10.8 Å². The number of hydrogen-bond donors (Lipinski definition) is 1. The number of anilines is 1. The second-order valence-electron chi connectivity index (χ2n) is 4.90. The van der Waals surface area contributed by atoms with Crippen molar-refractivity contribution in [2.24, 2.45) is 7.05 Å². The minimum atomic E-state index is -3.87. The molecule has 0 saturated heterocycles. The Kier molecular flexibility index (Phi) is 3.74. The Morgan fingerprint density at radius 1 is 1.43 bits per heavy atom. The number of aromatic nitrogens is 4.